The summed E-state index contributed by atoms with van der Waals surface area (Å²) in [5.41, 5.74) is 3.24. The zero-order valence-electron chi connectivity index (χ0n) is 21.7. The molecular formula is C29H30N4O5S. The molecule has 0 amide bonds. The van der Waals surface area contributed by atoms with Crippen molar-refractivity contribution < 1.29 is 23.1 Å². The van der Waals surface area contributed by atoms with Crippen molar-refractivity contribution in [3.63, 3.8) is 0 Å². The predicted octanol–water partition coefficient (Wildman–Crippen LogP) is 4.99. The third kappa shape index (κ3) is 6.98. The fourth-order valence-electron chi connectivity index (χ4n) is 4.11. The molecular weight excluding hydrogens is 516 g/mol. The van der Waals surface area contributed by atoms with E-state index < -0.39 is 22.0 Å². The van der Waals surface area contributed by atoms with Crippen molar-refractivity contribution >= 4 is 21.8 Å². The van der Waals surface area contributed by atoms with Crippen molar-refractivity contribution in [3.8, 4) is 16.9 Å². The summed E-state index contributed by atoms with van der Waals surface area (Å²) in [6, 6.07) is 23.1. The molecule has 0 bridgehead atoms. The first-order chi connectivity index (χ1) is 18.8. The second-order valence-electron chi connectivity index (χ2n) is 8.76. The summed E-state index contributed by atoms with van der Waals surface area (Å²) in [5, 5.41) is 11.7. The first-order valence-electron chi connectivity index (χ1n) is 12.4. The van der Waals surface area contributed by atoms with Crippen molar-refractivity contribution in [2.45, 2.75) is 31.3 Å². The molecule has 0 saturated carbocycles. The fraction of sp³-hybridized carbons (Fsp3) is 0.207. The molecule has 4 aromatic rings. The molecule has 0 aliphatic rings. The van der Waals surface area contributed by atoms with Gasteiger partial charge in [-0.25, -0.2) is 13.4 Å². The van der Waals surface area contributed by atoms with Crippen LogP contribution in [0.15, 0.2) is 96.2 Å². The number of carboxylic acids is 1. The molecule has 0 aliphatic heterocycles. The summed E-state index contributed by atoms with van der Waals surface area (Å²) >= 11 is 0. The summed E-state index contributed by atoms with van der Waals surface area (Å²) < 4.78 is 34.6. The number of carboxylic acid groups (broad SMARTS) is 1. The van der Waals surface area contributed by atoms with Crippen LogP contribution in [0.4, 0.5) is 5.82 Å². The van der Waals surface area contributed by atoms with Crippen LogP contribution in [0, 0.1) is 0 Å². The van der Waals surface area contributed by atoms with E-state index in [1.54, 1.807) is 24.3 Å². The van der Waals surface area contributed by atoms with Crippen molar-refractivity contribution in [3.05, 3.63) is 103 Å². The van der Waals surface area contributed by atoms with Crippen LogP contribution in [-0.4, -0.2) is 46.9 Å². The van der Waals surface area contributed by atoms with Crippen molar-refractivity contribution in [2.24, 2.45) is 0 Å². The third-order valence-corrected chi connectivity index (χ3v) is 7.99. The number of aliphatic carboxylic acids is 1. The summed E-state index contributed by atoms with van der Waals surface area (Å²) in [6.07, 6.45) is 2.84. The van der Waals surface area contributed by atoms with Gasteiger partial charge in [-0.15, -0.1) is 0 Å². The van der Waals surface area contributed by atoms with E-state index in [4.69, 9.17) is 9.84 Å². The Bertz CT molecular complexity index is 1510. The Morgan fingerprint density at radius 3 is 2.49 bits per heavy atom. The van der Waals surface area contributed by atoms with E-state index in [0.29, 0.717) is 18.1 Å². The number of ether oxygens (including phenoxy) is 1. The van der Waals surface area contributed by atoms with Gasteiger partial charge in [-0.3, -0.25) is 9.78 Å². The minimum absolute atomic E-state index is 0.0286. The average molecular weight is 547 g/mol. The monoisotopic (exact) mass is 546 g/mol. The molecule has 1 atom stereocenters. The van der Waals surface area contributed by atoms with Crippen molar-refractivity contribution in [1.82, 2.24) is 14.3 Å². The van der Waals surface area contributed by atoms with Crippen LogP contribution < -0.4 is 10.1 Å². The van der Waals surface area contributed by atoms with Crippen LogP contribution in [0.25, 0.3) is 11.1 Å². The molecule has 0 saturated heterocycles. The van der Waals surface area contributed by atoms with Crippen LogP contribution in [0.3, 0.4) is 0 Å². The molecule has 0 fully saturated rings. The zero-order chi connectivity index (χ0) is 27.8. The zero-order valence-corrected chi connectivity index (χ0v) is 22.5. The molecule has 0 radical (unpaired) electrons. The number of pyridine rings is 2. The molecule has 0 aliphatic carbocycles. The lowest BCUT2D eigenvalue weighted by Crippen LogP contribution is -2.33. The minimum atomic E-state index is -3.96. The molecule has 4 rings (SSSR count). The topological polar surface area (TPSA) is 122 Å². The molecule has 0 spiro atoms. The lowest BCUT2D eigenvalue weighted by Gasteiger charge is -2.28. The maximum atomic E-state index is 13.8. The Labute approximate surface area is 228 Å². The van der Waals surface area contributed by atoms with Gasteiger partial charge in [0, 0.05) is 18.4 Å². The highest BCUT2D eigenvalue weighted by Gasteiger charge is 2.31. The van der Waals surface area contributed by atoms with E-state index in [1.807, 2.05) is 62.4 Å². The van der Waals surface area contributed by atoms with E-state index in [2.05, 4.69) is 15.3 Å². The lowest BCUT2D eigenvalue weighted by atomic mass is 10.0. The highest BCUT2D eigenvalue weighted by Crippen LogP contribution is 2.31. The largest absolute Gasteiger partial charge is 0.494 e. The SMILES string of the molecule is CCOc1cccc(-c2ccc(C(C)N(Cc3cccc(NCC(=O)O)n3)S(=O)(=O)c3cccnc3)cc2)c1. The first kappa shape index (κ1) is 27.7. The molecule has 202 valence electrons. The van der Waals surface area contributed by atoms with Gasteiger partial charge in [0.1, 0.15) is 23.0 Å². The first-order valence-corrected chi connectivity index (χ1v) is 13.9. The van der Waals surface area contributed by atoms with Crippen LogP contribution in [0.5, 0.6) is 5.75 Å². The van der Waals surface area contributed by atoms with Gasteiger partial charge in [-0.2, -0.15) is 4.31 Å². The Hall–Kier alpha value is -4.28. The van der Waals surface area contributed by atoms with Crippen LogP contribution in [0.1, 0.15) is 31.1 Å². The second-order valence-corrected chi connectivity index (χ2v) is 10.6. The highest BCUT2D eigenvalue weighted by atomic mass is 32.2. The maximum Gasteiger partial charge on any atom is 0.322 e. The molecule has 10 heteroatoms. The second kappa shape index (κ2) is 12.5. The number of hydrogen-bond acceptors (Lipinski definition) is 7. The van der Waals surface area contributed by atoms with Gasteiger partial charge < -0.3 is 15.2 Å². The molecule has 2 N–H and O–H groups in total. The van der Waals surface area contributed by atoms with Gasteiger partial charge >= 0.3 is 5.97 Å². The van der Waals surface area contributed by atoms with E-state index in [-0.39, 0.29) is 18.0 Å². The van der Waals surface area contributed by atoms with Gasteiger partial charge in [-0.1, -0.05) is 42.5 Å². The number of rotatable bonds is 12. The van der Waals surface area contributed by atoms with E-state index >= 15 is 0 Å². The minimum Gasteiger partial charge on any atom is -0.494 e. The normalized spacial score (nSPS) is 12.2. The van der Waals surface area contributed by atoms with Gasteiger partial charge in [0.15, 0.2) is 0 Å². The number of carbonyl (C=O) groups is 1. The number of aromatic nitrogens is 2. The Morgan fingerprint density at radius 2 is 1.79 bits per heavy atom. The summed E-state index contributed by atoms with van der Waals surface area (Å²) in [5.74, 6) is 0.110. The number of sulfonamides is 1. The number of hydrogen-bond donors (Lipinski definition) is 2. The molecule has 2 heterocycles. The number of nitrogens with one attached hydrogen (secondary N) is 1. The molecule has 2 aromatic carbocycles. The molecule has 9 nitrogen and oxygen atoms in total. The fourth-order valence-corrected chi connectivity index (χ4v) is 5.67. The molecule has 2 aromatic heterocycles. The Kier molecular flexibility index (Phi) is 8.90. The number of benzene rings is 2. The van der Waals surface area contributed by atoms with Gasteiger partial charge in [0.05, 0.1) is 18.8 Å². The van der Waals surface area contributed by atoms with Crippen LogP contribution >= 0.6 is 0 Å². The van der Waals surface area contributed by atoms with Crippen molar-refractivity contribution in [2.75, 3.05) is 18.5 Å². The van der Waals surface area contributed by atoms with Gasteiger partial charge in [-0.05, 0) is 66.9 Å². The number of anilines is 1. The van der Waals surface area contributed by atoms with Gasteiger partial charge in [0.2, 0.25) is 10.0 Å². The van der Waals surface area contributed by atoms with E-state index in [9.17, 15) is 13.2 Å². The lowest BCUT2D eigenvalue weighted by molar-refractivity contribution is -0.134. The van der Waals surface area contributed by atoms with E-state index in [0.717, 1.165) is 22.4 Å². The smallest absolute Gasteiger partial charge is 0.322 e. The Morgan fingerprint density at radius 1 is 1.03 bits per heavy atom. The standard InChI is InChI=1S/C29H30N4O5S/c1-3-38-26-9-4-7-24(17-26)23-14-12-22(13-15-23)21(2)33(39(36,37)27-10-6-16-30-18-27)20-25-8-5-11-28(32-25)31-19-29(34)35/h4-18,21H,3,19-20H2,1-2H3,(H,31,32)(H,34,35). The highest BCUT2D eigenvalue weighted by molar-refractivity contribution is 7.89. The summed E-state index contributed by atoms with van der Waals surface area (Å²) in [7, 11) is -3.96. The molecule has 1 unspecified atom stereocenters. The van der Waals surface area contributed by atoms with Crippen LogP contribution in [-0.2, 0) is 21.4 Å². The van der Waals surface area contributed by atoms with Crippen molar-refractivity contribution in [1.29, 1.82) is 0 Å². The van der Waals surface area contributed by atoms with E-state index in [1.165, 1.54) is 22.8 Å². The van der Waals surface area contributed by atoms with Gasteiger partial charge in [0.25, 0.3) is 0 Å². The average Bonchev–Trinajstić information content (AvgIpc) is 2.95. The predicted molar refractivity (Wildman–Crippen MR) is 149 cm³/mol. The summed E-state index contributed by atoms with van der Waals surface area (Å²) in [4.78, 5) is 19.4. The summed E-state index contributed by atoms with van der Waals surface area (Å²) in [6.45, 7) is 4.01. The number of nitrogens with zero attached hydrogens (tertiary/aromatic N) is 3. The quantitative estimate of drug-likeness (QED) is 0.255. The third-order valence-electron chi connectivity index (χ3n) is 6.09. The van der Waals surface area contributed by atoms with Crippen LogP contribution in [0.2, 0.25) is 0 Å². The molecule has 39 heavy (non-hydrogen) atoms. The maximum absolute atomic E-state index is 13.8. The Balaban J connectivity index is 1.65.